The van der Waals surface area contributed by atoms with E-state index in [0.717, 1.165) is 47.0 Å². The highest BCUT2D eigenvalue weighted by atomic mass is 79.9. The van der Waals surface area contributed by atoms with E-state index in [2.05, 4.69) is 40.8 Å². The van der Waals surface area contributed by atoms with Crippen LogP contribution in [0.5, 0.6) is 5.75 Å². The Morgan fingerprint density at radius 3 is 2.50 bits per heavy atom. The minimum Gasteiger partial charge on any atom is -0.496 e. The van der Waals surface area contributed by atoms with Crippen molar-refractivity contribution >= 4 is 22.0 Å². The monoisotopic (exact) mass is 337 g/mol. The number of halogens is 1. The van der Waals surface area contributed by atoms with E-state index in [0.29, 0.717) is 5.92 Å². The molecule has 4 heteroatoms. The van der Waals surface area contributed by atoms with Crippen LogP contribution in [0.2, 0.25) is 0 Å². The van der Waals surface area contributed by atoms with Crippen LogP contribution in [0.4, 0.5) is 0 Å². The lowest BCUT2D eigenvalue weighted by Crippen LogP contribution is -2.19. The molecular formula is C16H20BrNO2. The van der Waals surface area contributed by atoms with Gasteiger partial charge in [-0.1, -0.05) is 42.6 Å². The van der Waals surface area contributed by atoms with Gasteiger partial charge in [0.2, 0.25) is 6.08 Å². The third kappa shape index (κ3) is 2.68. The molecule has 108 valence electrons. The molecule has 0 atom stereocenters. The maximum Gasteiger partial charge on any atom is 0.235 e. The van der Waals surface area contributed by atoms with E-state index in [9.17, 15) is 4.79 Å². The van der Waals surface area contributed by atoms with E-state index in [1.807, 2.05) is 6.07 Å². The second kappa shape index (κ2) is 6.11. The van der Waals surface area contributed by atoms with Crippen LogP contribution >= 0.6 is 15.9 Å². The van der Waals surface area contributed by atoms with Crippen LogP contribution in [-0.4, -0.2) is 13.2 Å². The van der Waals surface area contributed by atoms with Crippen LogP contribution in [-0.2, 0) is 10.3 Å². The van der Waals surface area contributed by atoms with E-state index in [1.54, 1.807) is 13.2 Å². The maximum absolute atomic E-state index is 10.8. The molecule has 1 aliphatic rings. The summed E-state index contributed by atoms with van der Waals surface area (Å²) in [7, 11) is 1.68. The Labute approximate surface area is 128 Å². The first kappa shape index (κ1) is 15.3. The standard InChI is InChI=1S/C16H20BrNO2/c1-11(2)15-13(17)8-12(9-14(15)20-3)16(18-10-19)6-4-5-7-16/h8-9,11H,4-7H2,1-3H3. The Bertz CT molecular complexity index is 542. The first-order chi connectivity index (χ1) is 9.54. The van der Waals surface area contributed by atoms with E-state index in [1.165, 1.54) is 0 Å². The number of methoxy groups -OCH3 is 1. The Kier molecular flexibility index (Phi) is 4.66. The van der Waals surface area contributed by atoms with Crippen molar-refractivity contribution in [3.63, 3.8) is 0 Å². The summed E-state index contributed by atoms with van der Waals surface area (Å²) in [5.41, 5.74) is 1.79. The van der Waals surface area contributed by atoms with Crippen molar-refractivity contribution in [3.05, 3.63) is 27.7 Å². The van der Waals surface area contributed by atoms with E-state index >= 15 is 0 Å². The molecule has 1 aromatic rings. The smallest absolute Gasteiger partial charge is 0.235 e. The molecular weight excluding hydrogens is 318 g/mol. The summed E-state index contributed by atoms with van der Waals surface area (Å²) in [4.78, 5) is 15.0. The molecule has 1 aliphatic carbocycles. The highest BCUT2D eigenvalue weighted by Crippen LogP contribution is 2.46. The van der Waals surface area contributed by atoms with Gasteiger partial charge in [-0.2, -0.15) is 4.99 Å². The summed E-state index contributed by atoms with van der Waals surface area (Å²) in [5, 5.41) is 0. The highest BCUT2D eigenvalue weighted by molar-refractivity contribution is 9.10. The summed E-state index contributed by atoms with van der Waals surface area (Å²) in [5.74, 6) is 1.22. The van der Waals surface area contributed by atoms with Crippen LogP contribution in [0.3, 0.4) is 0 Å². The van der Waals surface area contributed by atoms with Gasteiger partial charge in [0.15, 0.2) is 0 Å². The normalized spacial score (nSPS) is 17.1. The van der Waals surface area contributed by atoms with Crippen molar-refractivity contribution in [1.29, 1.82) is 0 Å². The molecule has 2 rings (SSSR count). The lowest BCUT2D eigenvalue weighted by molar-refractivity contribution is 0.401. The fraction of sp³-hybridized carbons (Fsp3) is 0.562. The number of aliphatic imine (C=N–C) groups is 1. The van der Waals surface area contributed by atoms with Gasteiger partial charge in [0.1, 0.15) is 5.75 Å². The molecule has 0 spiro atoms. The number of rotatable bonds is 4. The molecule has 0 bridgehead atoms. The first-order valence-electron chi connectivity index (χ1n) is 7.01. The van der Waals surface area contributed by atoms with Crippen LogP contribution in [0.15, 0.2) is 21.6 Å². The number of carbonyl (C=O) groups excluding carboxylic acids is 1. The molecule has 1 aromatic carbocycles. The van der Waals surface area contributed by atoms with E-state index in [-0.39, 0.29) is 0 Å². The highest BCUT2D eigenvalue weighted by Gasteiger charge is 2.36. The second-order valence-electron chi connectivity index (χ2n) is 5.67. The molecule has 0 N–H and O–H groups in total. The molecule has 0 amide bonds. The molecule has 1 fully saturated rings. The number of nitrogens with zero attached hydrogens (tertiary/aromatic N) is 1. The molecule has 3 nitrogen and oxygen atoms in total. The van der Waals surface area contributed by atoms with Crippen molar-refractivity contribution in [2.45, 2.75) is 51.0 Å². The molecule has 0 heterocycles. The second-order valence-corrected chi connectivity index (χ2v) is 6.52. The van der Waals surface area contributed by atoms with Crippen LogP contribution in [0.25, 0.3) is 0 Å². The Balaban J connectivity index is 2.58. The van der Waals surface area contributed by atoms with Crippen molar-refractivity contribution < 1.29 is 9.53 Å². The average molecular weight is 338 g/mol. The Morgan fingerprint density at radius 1 is 1.35 bits per heavy atom. The maximum atomic E-state index is 10.8. The first-order valence-corrected chi connectivity index (χ1v) is 7.80. The predicted molar refractivity (Wildman–Crippen MR) is 83.1 cm³/mol. The summed E-state index contributed by atoms with van der Waals surface area (Å²) < 4.78 is 6.56. The third-order valence-corrected chi connectivity index (χ3v) is 4.77. The van der Waals surface area contributed by atoms with Gasteiger partial charge in [-0.25, -0.2) is 4.79 Å². The minimum atomic E-state index is -0.410. The van der Waals surface area contributed by atoms with Gasteiger partial charge in [-0.05, 0) is 36.5 Å². The van der Waals surface area contributed by atoms with E-state index in [4.69, 9.17) is 4.74 Å². The van der Waals surface area contributed by atoms with Crippen molar-refractivity contribution in [3.8, 4) is 5.75 Å². The summed E-state index contributed by atoms with van der Waals surface area (Å²) in [6, 6.07) is 4.12. The number of hydrogen-bond acceptors (Lipinski definition) is 3. The largest absolute Gasteiger partial charge is 0.496 e. The predicted octanol–water partition coefficient (Wildman–Crippen LogP) is 4.69. The van der Waals surface area contributed by atoms with Gasteiger partial charge in [0.25, 0.3) is 0 Å². The molecule has 0 aromatic heterocycles. The zero-order valence-corrected chi connectivity index (χ0v) is 13.8. The van der Waals surface area contributed by atoms with Crippen molar-refractivity contribution in [2.24, 2.45) is 4.99 Å². The average Bonchev–Trinajstić information content (AvgIpc) is 2.87. The summed E-state index contributed by atoms with van der Waals surface area (Å²) in [6.07, 6.45) is 5.75. The van der Waals surface area contributed by atoms with Gasteiger partial charge < -0.3 is 4.74 Å². The molecule has 0 unspecified atom stereocenters. The quantitative estimate of drug-likeness (QED) is 0.590. The van der Waals surface area contributed by atoms with Crippen LogP contribution in [0.1, 0.15) is 56.6 Å². The SMILES string of the molecule is COc1cc(C2(N=C=O)CCCC2)cc(Br)c1C(C)C. The lowest BCUT2D eigenvalue weighted by atomic mass is 9.87. The molecule has 20 heavy (non-hydrogen) atoms. The number of isocyanates is 1. The van der Waals surface area contributed by atoms with Crippen LogP contribution in [0, 0.1) is 0 Å². The number of benzene rings is 1. The third-order valence-electron chi connectivity index (χ3n) is 4.12. The fourth-order valence-corrected chi connectivity index (χ4v) is 4.00. The van der Waals surface area contributed by atoms with Gasteiger partial charge >= 0.3 is 0 Å². The van der Waals surface area contributed by atoms with Crippen molar-refractivity contribution in [2.75, 3.05) is 7.11 Å². The van der Waals surface area contributed by atoms with Gasteiger partial charge in [0, 0.05) is 10.0 Å². The van der Waals surface area contributed by atoms with Gasteiger partial charge in [-0.3, -0.25) is 0 Å². The minimum absolute atomic E-state index is 0.363. The van der Waals surface area contributed by atoms with Crippen LogP contribution < -0.4 is 4.74 Å². The Hall–Kier alpha value is -1.12. The van der Waals surface area contributed by atoms with E-state index < -0.39 is 5.54 Å². The molecule has 0 aliphatic heterocycles. The number of hydrogen-bond donors (Lipinski definition) is 0. The number of ether oxygens (including phenoxy) is 1. The zero-order valence-electron chi connectivity index (χ0n) is 12.2. The summed E-state index contributed by atoms with van der Waals surface area (Å²) in [6.45, 7) is 4.27. The molecule has 0 radical (unpaired) electrons. The molecule has 0 saturated heterocycles. The fourth-order valence-electron chi connectivity index (χ4n) is 3.10. The van der Waals surface area contributed by atoms with Gasteiger partial charge in [-0.15, -0.1) is 0 Å². The summed E-state index contributed by atoms with van der Waals surface area (Å²) >= 11 is 3.64. The van der Waals surface area contributed by atoms with Gasteiger partial charge in [0.05, 0.1) is 12.6 Å². The topological polar surface area (TPSA) is 38.7 Å². The van der Waals surface area contributed by atoms with Crippen molar-refractivity contribution in [1.82, 2.24) is 0 Å². The Morgan fingerprint density at radius 2 is 2.00 bits per heavy atom. The lowest BCUT2D eigenvalue weighted by Gasteiger charge is -2.25. The zero-order chi connectivity index (χ0) is 14.8. The molecule has 1 saturated carbocycles.